The van der Waals surface area contributed by atoms with Crippen LogP contribution in [0.15, 0.2) is 33.7 Å². The van der Waals surface area contributed by atoms with E-state index in [2.05, 4.69) is 32.7 Å². The van der Waals surface area contributed by atoms with Gasteiger partial charge in [-0.15, -0.1) is 0 Å². The summed E-state index contributed by atoms with van der Waals surface area (Å²) in [5.41, 5.74) is 1.56. The second-order valence-electron chi connectivity index (χ2n) is 5.64. The zero-order chi connectivity index (χ0) is 14.1. The third-order valence-corrected chi connectivity index (χ3v) is 4.27. The van der Waals surface area contributed by atoms with Crippen molar-refractivity contribution >= 4 is 21.6 Å². The molecule has 1 fully saturated rings. The topological polar surface area (TPSA) is 37.6 Å². The van der Waals surface area contributed by atoms with Crippen LogP contribution in [0.2, 0.25) is 0 Å². The number of rotatable bonds is 2. The third-order valence-electron chi connectivity index (χ3n) is 3.80. The molecule has 0 radical (unpaired) electrons. The largest absolute Gasteiger partial charge is 0.297 e. The lowest BCUT2D eigenvalue weighted by Crippen LogP contribution is -2.34. The lowest BCUT2D eigenvalue weighted by Gasteiger charge is -2.30. The van der Waals surface area contributed by atoms with Gasteiger partial charge in [-0.05, 0) is 53.4 Å². The molecular weight excluding hydrogens is 318 g/mol. The molecule has 0 bridgehead atoms. The quantitative estimate of drug-likeness (QED) is 0.846. The molecule has 2 aromatic heterocycles. The lowest BCUT2D eigenvalue weighted by molar-refractivity contribution is 0.175. The molecule has 20 heavy (non-hydrogen) atoms. The van der Waals surface area contributed by atoms with E-state index in [-0.39, 0.29) is 5.56 Å². The Morgan fingerprint density at radius 1 is 1.45 bits per heavy atom. The van der Waals surface area contributed by atoms with Crippen LogP contribution in [0.3, 0.4) is 0 Å². The summed E-state index contributed by atoms with van der Waals surface area (Å²) in [6.45, 7) is 5.26. The number of aromatic nitrogens is 2. The molecule has 0 N–H and O–H groups in total. The van der Waals surface area contributed by atoms with Gasteiger partial charge in [-0.1, -0.05) is 6.92 Å². The molecule has 106 valence electrons. The smallest absolute Gasteiger partial charge is 0.258 e. The standard InChI is InChI=1S/C15H18BrN3O/c1-11-3-2-6-18(8-11)10-13-7-15(20)19-9-12(16)4-5-14(19)17-13/h4-5,7,9,11H,2-3,6,8,10H2,1H3. The molecule has 4 nitrogen and oxygen atoms in total. The van der Waals surface area contributed by atoms with Gasteiger partial charge in [0, 0.05) is 29.8 Å². The minimum Gasteiger partial charge on any atom is -0.297 e. The predicted octanol–water partition coefficient (Wildman–Crippen LogP) is 2.69. The van der Waals surface area contributed by atoms with Crippen LogP contribution in [0.1, 0.15) is 25.5 Å². The fourth-order valence-corrected chi connectivity index (χ4v) is 3.20. The molecule has 1 unspecified atom stereocenters. The molecule has 5 heteroatoms. The number of fused-ring (bicyclic) bond motifs is 1. The van der Waals surface area contributed by atoms with Crippen LogP contribution < -0.4 is 5.56 Å². The number of hydrogen-bond donors (Lipinski definition) is 0. The van der Waals surface area contributed by atoms with Crippen molar-refractivity contribution < 1.29 is 0 Å². The van der Waals surface area contributed by atoms with E-state index in [0.717, 1.165) is 35.7 Å². The van der Waals surface area contributed by atoms with Crippen molar-refractivity contribution in [2.45, 2.75) is 26.3 Å². The molecule has 0 amide bonds. The molecule has 0 saturated carbocycles. The average Bonchev–Trinajstić information content (AvgIpc) is 2.40. The number of likely N-dealkylation sites (tertiary alicyclic amines) is 1. The molecule has 1 aliphatic heterocycles. The van der Waals surface area contributed by atoms with Crippen LogP contribution in [0, 0.1) is 5.92 Å². The Balaban J connectivity index is 1.89. The molecule has 2 aromatic rings. The van der Waals surface area contributed by atoms with E-state index in [9.17, 15) is 4.79 Å². The van der Waals surface area contributed by atoms with Crippen LogP contribution in [0.25, 0.3) is 5.65 Å². The summed E-state index contributed by atoms with van der Waals surface area (Å²) in [4.78, 5) is 19.1. The van der Waals surface area contributed by atoms with Gasteiger partial charge >= 0.3 is 0 Å². The Bertz CT molecular complexity index is 682. The first-order chi connectivity index (χ1) is 9.61. The molecule has 1 atom stereocenters. The molecule has 3 rings (SSSR count). The van der Waals surface area contributed by atoms with Gasteiger partial charge in [0.05, 0.1) is 5.69 Å². The fourth-order valence-electron chi connectivity index (χ4n) is 2.87. The van der Waals surface area contributed by atoms with Crippen molar-refractivity contribution in [3.63, 3.8) is 0 Å². The predicted molar refractivity (Wildman–Crippen MR) is 82.8 cm³/mol. The zero-order valence-corrected chi connectivity index (χ0v) is 13.1. The van der Waals surface area contributed by atoms with E-state index in [1.54, 1.807) is 16.7 Å². The van der Waals surface area contributed by atoms with E-state index >= 15 is 0 Å². The lowest BCUT2D eigenvalue weighted by atomic mass is 10.0. The van der Waals surface area contributed by atoms with Crippen LogP contribution in [0.4, 0.5) is 0 Å². The number of pyridine rings is 1. The Hall–Kier alpha value is -1.20. The minimum absolute atomic E-state index is 0.0173. The first kappa shape index (κ1) is 13.8. The van der Waals surface area contributed by atoms with Crippen LogP contribution in [-0.4, -0.2) is 27.4 Å². The van der Waals surface area contributed by atoms with Gasteiger partial charge in [-0.25, -0.2) is 4.98 Å². The highest BCUT2D eigenvalue weighted by Gasteiger charge is 2.17. The van der Waals surface area contributed by atoms with Crippen molar-refractivity contribution in [1.29, 1.82) is 0 Å². The molecule has 0 aromatic carbocycles. The first-order valence-corrected chi connectivity index (χ1v) is 7.81. The van der Waals surface area contributed by atoms with Crippen molar-refractivity contribution in [3.05, 3.63) is 44.9 Å². The Morgan fingerprint density at radius 2 is 2.30 bits per heavy atom. The number of nitrogens with zero attached hydrogens (tertiary/aromatic N) is 3. The molecular formula is C15H18BrN3O. The second kappa shape index (κ2) is 5.66. The van der Waals surface area contributed by atoms with E-state index in [1.807, 2.05) is 12.1 Å². The van der Waals surface area contributed by atoms with Crippen molar-refractivity contribution in [2.75, 3.05) is 13.1 Å². The van der Waals surface area contributed by atoms with Crippen molar-refractivity contribution in [1.82, 2.24) is 14.3 Å². The third kappa shape index (κ3) is 2.94. The summed E-state index contributed by atoms with van der Waals surface area (Å²) >= 11 is 3.38. The van der Waals surface area contributed by atoms with Gasteiger partial charge in [0.25, 0.3) is 5.56 Å². The van der Waals surface area contributed by atoms with Crippen LogP contribution in [-0.2, 0) is 6.54 Å². The maximum atomic E-state index is 12.1. The molecule has 1 aliphatic rings. The number of hydrogen-bond acceptors (Lipinski definition) is 3. The normalized spacial score (nSPS) is 20.4. The Morgan fingerprint density at radius 3 is 3.10 bits per heavy atom. The SMILES string of the molecule is CC1CCCN(Cc2cc(=O)n3cc(Br)ccc3n2)C1. The Kier molecular flexibility index (Phi) is 3.89. The zero-order valence-electron chi connectivity index (χ0n) is 11.6. The summed E-state index contributed by atoms with van der Waals surface area (Å²) in [7, 11) is 0. The van der Waals surface area contributed by atoms with E-state index in [4.69, 9.17) is 0 Å². The van der Waals surface area contributed by atoms with Crippen molar-refractivity contribution in [3.8, 4) is 0 Å². The Labute approximate surface area is 126 Å². The maximum absolute atomic E-state index is 12.1. The molecule has 1 saturated heterocycles. The highest BCUT2D eigenvalue weighted by molar-refractivity contribution is 9.10. The first-order valence-electron chi connectivity index (χ1n) is 7.02. The monoisotopic (exact) mass is 335 g/mol. The van der Waals surface area contributed by atoms with Crippen LogP contribution in [0.5, 0.6) is 0 Å². The van der Waals surface area contributed by atoms with Gasteiger partial charge in [0.2, 0.25) is 0 Å². The van der Waals surface area contributed by atoms with Gasteiger partial charge in [-0.3, -0.25) is 14.1 Å². The minimum atomic E-state index is -0.0173. The average molecular weight is 336 g/mol. The van der Waals surface area contributed by atoms with Gasteiger partial charge in [0.1, 0.15) is 5.65 Å². The highest BCUT2D eigenvalue weighted by atomic mass is 79.9. The fraction of sp³-hybridized carbons (Fsp3) is 0.467. The van der Waals surface area contributed by atoms with Gasteiger partial charge < -0.3 is 0 Å². The highest BCUT2D eigenvalue weighted by Crippen LogP contribution is 2.17. The van der Waals surface area contributed by atoms with Crippen molar-refractivity contribution in [2.24, 2.45) is 5.92 Å². The summed E-state index contributed by atoms with van der Waals surface area (Å²) in [5, 5.41) is 0. The van der Waals surface area contributed by atoms with E-state index < -0.39 is 0 Å². The number of halogens is 1. The van der Waals surface area contributed by atoms with Gasteiger partial charge in [-0.2, -0.15) is 0 Å². The molecule has 3 heterocycles. The van der Waals surface area contributed by atoms with Crippen LogP contribution >= 0.6 is 15.9 Å². The summed E-state index contributed by atoms with van der Waals surface area (Å²) in [5.74, 6) is 0.737. The molecule has 0 spiro atoms. The van der Waals surface area contributed by atoms with Gasteiger partial charge in [0.15, 0.2) is 0 Å². The second-order valence-corrected chi connectivity index (χ2v) is 6.56. The summed E-state index contributed by atoms with van der Waals surface area (Å²) in [6.07, 6.45) is 4.30. The summed E-state index contributed by atoms with van der Waals surface area (Å²) in [6, 6.07) is 5.43. The summed E-state index contributed by atoms with van der Waals surface area (Å²) < 4.78 is 2.46. The molecule has 0 aliphatic carbocycles. The maximum Gasteiger partial charge on any atom is 0.258 e. The van der Waals surface area contributed by atoms with E-state index in [0.29, 0.717) is 5.65 Å². The number of piperidine rings is 1. The van der Waals surface area contributed by atoms with E-state index in [1.165, 1.54) is 12.8 Å².